The average molecular weight is 228 g/mol. The van der Waals surface area contributed by atoms with Crippen LogP contribution in [0.15, 0.2) is 23.7 Å². The molecule has 78 valence electrons. The summed E-state index contributed by atoms with van der Waals surface area (Å²) in [5.41, 5.74) is 2.80. The van der Waals surface area contributed by atoms with Crippen LogP contribution in [0.1, 0.15) is 0 Å². The molecule has 0 saturated carbocycles. The normalized spacial score (nSPS) is 10.9. The summed E-state index contributed by atoms with van der Waals surface area (Å²) in [4.78, 5) is 14.7. The summed E-state index contributed by atoms with van der Waals surface area (Å²) in [5.74, 6) is -1.29. The number of hydrogen-bond donors (Lipinski definition) is 1. The molecule has 2 aromatic rings. The van der Waals surface area contributed by atoms with Gasteiger partial charge in [0, 0.05) is 5.69 Å². The second-order valence-electron chi connectivity index (χ2n) is 2.82. The molecule has 0 atom stereocenters. The van der Waals surface area contributed by atoms with Gasteiger partial charge in [0.1, 0.15) is 0 Å². The second-order valence-corrected chi connectivity index (χ2v) is 3.71. The highest BCUT2D eigenvalue weighted by Gasteiger charge is 2.14. The minimum atomic E-state index is -3.00. The second kappa shape index (κ2) is 3.90. The predicted molar refractivity (Wildman–Crippen MR) is 54.3 cm³/mol. The number of carbonyl (C=O) groups is 1. The Morgan fingerprint density at radius 2 is 2.27 bits per heavy atom. The Bertz CT molecular complexity index is 498. The molecule has 0 bridgehead atoms. The minimum absolute atomic E-state index is 0.358. The van der Waals surface area contributed by atoms with Crippen molar-refractivity contribution < 1.29 is 13.6 Å². The van der Waals surface area contributed by atoms with Crippen LogP contribution in [0.5, 0.6) is 0 Å². The Morgan fingerprint density at radius 1 is 1.47 bits per heavy atom. The molecule has 0 aliphatic carbocycles. The van der Waals surface area contributed by atoms with Crippen molar-refractivity contribution >= 4 is 33.1 Å². The summed E-state index contributed by atoms with van der Waals surface area (Å²) >= 11 is 1.39. The molecule has 1 heterocycles. The highest BCUT2D eigenvalue weighted by molar-refractivity contribution is 7.16. The molecule has 0 fully saturated rings. The van der Waals surface area contributed by atoms with Crippen LogP contribution in [0.3, 0.4) is 0 Å². The smallest absolute Gasteiger partial charge is 0.315 e. The van der Waals surface area contributed by atoms with Crippen molar-refractivity contribution in [3.63, 3.8) is 0 Å². The number of benzene rings is 1. The largest absolute Gasteiger partial charge is 0.321 e. The zero-order valence-corrected chi connectivity index (χ0v) is 8.22. The predicted octanol–water partition coefficient (Wildman–Crippen LogP) is 2.50. The summed E-state index contributed by atoms with van der Waals surface area (Å²) in [6.45, 7) is 0. The van der Waals surface area contributed by atoms with E-state index in [1.165, 1.54) is 11.3 Å². The fraction of sp³-hybridized carbons (Fsp3) is 0.111. The lowest BCUT2D eigenvalue weighted by Crippen LogP contribution is -2.19. The maximum atomic E-state index is 11.9. The van der Waals surface area contributed by atoms with E-state index in [4.69, 9.17) is 0 Å². The third kappa shape index (κ3) is 2.10. The number of alkyl halides is 2. The molecule has 1 aromatic carbocycles. The fourth-order valence-corrected chi connectivity index (χ4v) is 1.85. The van der Waals surface area contributed by atoms with Gasteiger partial charge in [0.15, 0.2) is 0 Å². The van der Waals surface area contributed by atoms with Crippen molar-refractivity contribution in [2.24, 2.45) is 0 Å². The molecule has 0 spiro atoms. The summed E-state index contributed by atoms with van der Waals surface area (Å²) < 4.78 is 24.7. The number of amides is 1. The van der Waals surface area contributed by atoms with Crippen LogP contribution < -0.4 is 5.32 Å². The maximum Gasteiger partial charge on any atom is 0.315 e. The van der Waals surface area contributed by atoms with E-state index in [1.54, 1.807) is 23.7 Å². The Morgan fingerprint density at radius 3 is 3.00 bits per heavy atom. The minimum Gasteiger partial charge on any atom is -0.321 e. The lowest BCUT2D eigenvalue weighted by molar-refractivity contribution is -0.126. The first-order valence-corrected chi connectivity index (χ1v) is 4.97. The standard InChI is InChI=1S/C9H6F2N2OS/c10-8(11)9(14)13-5-1-2-6-7(3-5)15-4-12-6/h1-4,8H,(H,13,14). The molecule has 1 aromatic heterocycles. The van der Waals surface area contributed by atoms with Gasteiger partial charge in [-0.2, -0.15) is 8.78 Å². The molecule has 0 radical (unpaired) electrons. The summed E-state index contributed by atoms with van der Waals surface area (Å²) in [6.07, 6.45) is -3.00. The average Bonchev–Trinajstić information content (AvgIpc) is 2.64. The zero-order valence-electron chi connectivity index (χ0n) is 7.41. The van der Waals surface area contributed by atoms with E-state index < -0.39 is 12.3 Å². The van der Waals surface area contributed by atoms with Crippen LogP contribution in [-0.2, 0) is 4.79 Å². The van der Waals surface area contributed by atoms with Crippen LogP contribution in [0.2, 0.25) is 0 Å². The van der Waals surface area contributed by atoms with Crippen molar-refractivity contribution in [3.8, 4) is 0 Å². The van der Waals surface area contributed by atoms with E-state index in [2.05, 4.69) is 10.3 Å². The monoisotopic (exact) mass is 228 g/mol. The molecule has 0 aliphatic heterocycles. The highest BCUT2D eigenvalue weighted by Crippen LogP contribution is 2.21. The van der Waals surface area contributed by atoms with Gasteiger partial charge in [-0.3, -0.25) is 4.79 Å². The molecule has 6 heteroatoms. The van der Waals surface area contributed by atoms with Crippen molar-refractivity contribution in [1.29, 1.82) is 0 Å². The van der Waals surface area contributed by atoms with Crippen molar-refractivity contribution in [2.75, 3.05) is 5.32 Å². The molecule has 3 nitrogen and oxygen atoms in total. The van der Waals surface area contributed by atoms with Crippen LogP contribution >= 0.6 is 11.3 Å². The van der Waals surface area contributed by atoms with E-state index in [9.17, 15) is 13.6 Å². The van der Waals surface area contributed by atoms with Gasteiger partial charge in [-0.25, -0.2) is 4.98 Å². The molecule has 2 rings (SSSR count). The fourth-order valence-electron chi connectivity index (χ4n) is 1.13. The van der Waals surface area contributed by atoms with Gasteiger partial charge < -0.3 is 5.32 Å². The SMILES string of the molecule is O=C(Nc1ccc2ncsc2c1)C(F)F. The number of hydrogen-bond acceptors (Lipinski definition) is 3. The van der Waals surface area contributed by atoms with E-state index in [-0.39, 0.29) is 0 Å². The molecule has 0 saturated heterocycles. The number of halogens is 2. The molecule has 1 amide bonds. The van der Waals surface area contributed by atoms with E-state index in [0.29, 0.717) is 5.69 Å². The first kappa shape index (κ1) is 9.97. The number of aromatic nitrogens is 1. The zero-order chi connectivity index (χ0) is 10.8. The number of thiazole rings is 1. The molecule has 1 N–H and O–H groups in total. The lowest BCUT2D eigenvalue weighted by Gasteiger charge is -2.03. The number of anilines is 1. The van der Waals surface area contributed by atoms with Crippen molar-refractivity contribution in [1.82, 2.24) is 4.98 Å². The number of nitrogens with one attached hydrogen (secondary N) is 1. The molecule has 0 aliphatic rings. The van der Waals surface area contributed by atoms with Gasteiger partial charge in [0.2, 0.25) is 0 Å². The third-order valence-corrected chi connectivity index (χ3v) is 2.59. The van der Waals surface area contributed by atoms with E-state index in [0.717, 1.165) is 10.2 Å². The summed E-state index contributed by atoms with van der Waals surface area (Å²) in [6, 6.07) is 4.84. The number of nitrogens with zero attached hydrogens (tertiary/aromatic N) is 1. The number of carbonyl (C=O) groups excluding carboxylic acids is 1. The Kier molecular flexibility index (Phi) is 2.59. The first-order chi connectivity index (χ1) is 7.16. The van der Waals surface area contributed by atoms with Crippen LogP contribution in [0.25, 0.3) is 10.2 Å². The number of fused-ring (bicyclic) bond motifs is 1. The van der Waals surface area contributed by atoms with Crippen molar-refractivity contribution in [3.05, 3.63) is 23.7 Å². The van der Waals surface area contributed by atoms with Gasteiger partial charge >= 0.3 is 6.43 Å². The van der Waals surface area contributed by atoms with Gasteiger partial charge in [0.05, 0.1) is 15.7 Å². The lowest BCUT2D eigenvalue weighted by atomic mass is 10.3. The van der Waals surface area contributed by atoms with E-state index >= 15 is 0 Å². The number of rotatable bonds is 2. The first-order valence-electron chi connectivity index (χ1n) is 4.09. The third-order valence-electron chi connectivity index (χ3n) is 1.80. The highest BCUT2D eigenvalue weighted by atomic mass is 32.1. The Balaban J connectivity index is 2.25. The topological polar surface area (TPSA) is 42.0 Å². The Labute approximate surface area is 87.7 Å². The summed E-state index contributed by atoms with van der Waals surface area (Å²) in [5, 5.41) is 2.11. The van der Waals surface area contributed by atoms with Gasteiger partial charge in [-0.1, -0.05) is 0 Å². The van der Waals surface area contributed by atoms with Crippen LogP contribution in [0, 0.1) is 0 Å². The van der Waals surface area contributed by atoms with Gasteiger partial charge in [0.25, 0.3) is 5.91 Å². The van der Waals surface area contributed by atoms with Crippen LogP contribution in [0.4, 0.5) is 14.5 Å². The Hall–Kier alpha value is -1.56. The van der Waals surface area contributed by atoms with Crippen molar-refractivity contribution in [2.45, 2.75) is 6.43 Å². The maximum absolute atomic E-state index is 11.9. The quantitative estimate of drug-likeness (QED) is 0.858. The van der Waals surface area contributed by atoms with E-state index in [1.807, 2.05) is 0 Å². The van der Waals surface area contributed by atoms with Gasteiger partial charge in [-0.05, 0) is 18.2 Å². The van der Waals surface area contributed by atoms with Crippen LogP contribution in [-0.4, -0.2) is 17.3 Å². The molecular weight excluding hydrogens is 222 g/mol. The molecular formula is C9H6F2N2OS. The summed E-state index contributed by atoms with van der Waals surface area (Å²) in [7, 11) is 0. The molecule has 0 unspecified atom stereocenters. The van der Waals surface area contributed by atoms with Gasteiger partial charge in [-0.15, -0.1) is 11.3 Å². The molecule has 15 heavy (non-hydrogen) atoms.